The summed E-state index contributed by atoms with van der Waals surface area (Å²) in [5.41, 5.74) is 0.128. The van der Waals surface area contributed by atoms with Crippen molar-refractivity contribution in [1.29, 1.82) is 5.26 Å². The zero-order valence-electron chi connectivity index (χ0n) is 8.07. The van der Waals surface area contributed by atoms with Crippen molar-refractivity contribution < 1.29 is 0 Å². The summed E-state index contributed by atoms with van der Waals surface area (Å²) in [7, 11) is 0. The maximum absolute atomic E-state index is 8.74. The Kier molecular flexibility index (Phi) is 4.35. The van der Waals surface area contributed by atoms with E-state index in [0.717, 1.165) is 0 Å². The lowest BCUT2D eigenvalue weighted by atomic mass is 10.4. The molecule has 0 unspecified atom stereocenters. The maximum Gasteiger partial charge on any atom is 0.178 e. The van der Waals surface area contributed by atoms with Crippen LogP contribution in [0, 0.1) is 11.3 Å². The van der Waals surface area contributed by atoms with Crippen LogP contribution in [0.3, 0.4) is 0 Å². The predicted molar refractivity (Wildman–Crippen MR) is 63.6 cm³/mol. The van der Waals surface area contributed by atoms with Crippen molar-refractivity contribution >= 4 is 34.8 Å². The molecule has 0 N–H and O–H groups in total. The first kappa shape index (κ1) is 11.8. The third-order valence-electron chi connectivity index (χ3n) is 1.52. The van der Waals surface area contributed by atoms with Crippen LogP contribution in [0.2, 0.25) is 5.15 Å². The Bertz CT molecular complexity index is 531. The fourth-order valence-corrected chi connectivity index (χ4v) is 1.52. The molecule has 0 saturated carbocycles. The van der Waals surface area contributed by atoms with Crippen molar-refractivity contribution in [3.8, 4) is 6.07 Å². The molecule has 0 aliphatic rings. The van der Waals surface area contributed by atoms with Gasteiger partial charge in [-0.25, -0.2) is 9.97 Å². The van der Waals surface area contributed by atoms with Crippen LogP contribution in [0.4, 0.5) is 0 Å². The van der Waals surface area contributed by atoms with Crippen molar-refractivity contribution in [3.05, 3.63) is 34.2 Å². The van der Waals surface area contributed by atoms with Crippen LogP contribution in [0.15, 0.2) is 12.7 Å². The Morgan fingerprint density at radius 2 is 2.20 bits per heavy atom. The first-order valence-electron chi connectivity index (χ1n) is 4.02. The minimum atomic E-state index is 0.124. The van der Waals surface area contributed by atoms with E-state index in [9.17, 15) is 0 Å². The molecule has 1 rings (SSSR count). The molecule has 0 aliphatic carbocycles. The zero-order chi connectivity index (χ0) is 11.3. The Morgan fingerprint density at radius 3 is 2.73 bits per heavy atom. The van der Waals surface area contributed by atoms with Crippen molar-refractivity contribution in [2.75, 3.05) is 6.26 Å². The van der Waals surface area contributed by atoms with Gasteiger partial charge >= 0.3 is 0 Å². The highest BCUT2D eigenvalue weighted by Gasteiger charge is 2.02. The smallest absolute Gasteiger partial charge is 0.178 e. The highest BCUT2D eigenvalue weighted by molar-refractivity contribution is 8.05. The molecular formula is C10H8ClN3S. The quantitative estimate of drug-likeness (QED) is 0.772. The van der Waals surface area contributed by atoms with Gasteiger partial charge in [0.1, 0.15) is 6.07 Å². The lowest BCUT2D eigenvalue weighted by Crippen LogP contribution is -2.32. The molecule has 0 bridgehead atoms. The van der Waals surface area contributed by atoms with E-state index in [-0.39, 0.29) is 10.8 Å². The van der Waals surface area contributed by atoms with Crippen LogP contribution in [0.5, 0.6) is 0 Å². The number of nitriles is 1. The Balaban J connectivity index is 3.63. The number of hydrogen-bond donors (Lipinski definition) is 0. The molecule has 0 fully saturated rings. The number of thioether (sulfide) groups is 1. The molecular weight excluding hydrogens is 230 g/mol. The number of nitrogens with zero attached hydrogens (tertiary/aromatic N) is 3. The lowest BCUT2D eigenvalue weighted by molar-refractivity contribution is 1.07. The van der Waals surface area contributed by atoms with Gasteiger partial charge in [0.2, 0.25) is 0 Å². The fourth-order valence-electron chi connectivity index (χ4n) is 0.944. The van der Waals surface area contributed by atoms with Crippen LogP contribution in [-0.2, 0) is 0 Å². The molecule has 0 aromatic carbocycles. The van der Waals surface area contributed by atoms with Crippen LogP contribution < -0.4 is 10.7 Å². The maximum atomic E-state index is 8.74. The van der Waals surface area contributed by atoms with Crippen molar-refractivity contribution in [2.24, 2.45) is 0 Å². The fraction of sp³-hybridized carbons (Fsp3) is 0.100. The first-order chi connectivity index (χ1) is 7.22. The van der Waals surface area contributed by atoms with Gasteiger partial charge in [-0.2, -0.15) is 5.26 Å². The number of hydrogen-bond acceptors (Lipinski definition) is 4. The molecule has 0 amide bonds. The molecule has 0 spiro atoms. The minimum absolute atomic E-state index is 0.124. The summed E-state index contributed by atoms with van der Waals surface area (Å²) in [5, 5.41) is 11.9. The number of halogens is 1. The number of aromatic nitrogens is 2. The van der Waals surface area contributed by atoms with E-state index < -0.39 is 0 Å². The second kappa shape index (κ2) is 5.54. The molecule has 76 valence electrons. The van der Waals surface area contributed by atoms with Gasteiger partial charge in [-0.1, -0.05) is 24.3 Å². The van der Waals surface area contributed by atoms with Gasteiger partial charge in [-0.3, -0.25) is 0 Å². The van der Waals surface area contributed by atoms with Gasteiger partial charge in [0.05, 0.1) is 10.7 Å². The Hall–Kier alpha value is -1.31. The van der Waals surface area contributed by atoms with E-state index in [0.29, 0.717) is 10.7 Å². The molecule has 5 heteroatoms. The average Bonchev–Trinajstić information content (AvgIpc) is 2.22. The molecule has 0 atom stereocenters. The summed E-state index contributed by atoms with van der Waals surface area (Å²) in [6, 6.07) is 1.88. The SMILES string of the molecule is C=C/C=c1/nc(C#N)c(Cl)n/c1=C/SC. The Labute approximate surface area is 96.8 Å². The van der Waals surface area contributed by atoms with Crippen LogP contribution in [0.25, 0.3) is 11.5 Å². The first-order valence-corrected chi connectivity index (χ1v) is 5.69. The predicted octanol–water partition coefficient (Wildman–Crippen LogP) is 1.07. The molecule has 15 heavy (non-hydrogen) atoms. The van der Waals surface area contributed by atoms with Crippen LogP contribution in [-0.4, -0.2) is 16.2 Å². The van der Waals surface area contributed by atoms with E-state index >= 15 is 0 Å². The summed E-state index contributed by atoms with van der Waals surface area (Å²) in [4.78, 5) is 8.15. The topological polar surface area (TPSA) is 49.6 Å². The standard InChI is InChI=1S/C10H8ClN3S/c1-3-4-7-9(6-15-2)14-10(11)8(5-12)13-7/h3-4,6H,1H2,2H3/b7-4+,9-6+. The molecule has 1 heterocycles. The van der Waals surface area contributed by atoms with E-state index in [1.54, 1.807) is 12.2 Å². The zero-order valence-corrected chi connectivity index (χ0v) is 9.64. The normalized spacial score (nSPS) is 12.6. The number of rotatable bonds is 2. The largest absolute Gasteiger partial charge is 0.232 e. The highest BCUT2D eigenvalue weighted by atomic mass is 35.5. The molecule has 1 aromatic heterocycles. The summed E-state index contributed by atoms with van der Waals surface area (Å²) in [6.07, 6.45) is 5.19. The minimum Gasteiger partial charge on any atom is -0.232 e. The van der Waals surface area contributed by atoms with Crippen molar-refractivity contribution in [2.45, 2.75) is 0 Å². The summed E-state index contributed by atoms with van der Waals surface area (Å²) in [5.74, 6) is 0. The second-order valence-electron chi connectivity index (χ2n) is 2.50. The van der Waals surface area contributed by atoms with Gasteiger partial charge < -0.3 is 0 Å². The number of allylic oxidation sites excluding steroid dienone is 1. The van der Waals surface area contributed by atoms with Gasteiger partial charge in [0.15, 0.2) is 10.8 Å². The van der Waals surface area contributed by atoms with E-state index in [1.165, 1.54) is 11.8 Å². The third kappa shape index (κ3) is 2.82. The van der Waals surface area contributed by atoms with Gasteiger partial charge in [-0.15, -0.1) is 11.8 Å². The third-order valence-corrected chi connectivity index (χ3v) is 2.24. The monoisotopic (exact) mass is 237 g/mol. The lowest BCUT2D eigenvalue weighted by Gasteiger charge is -1.94. The van der Waals surface area contributed by atoms with Gasteiger partial charge in [0, 0.05) is 0 Å². The molecule has 1 aromatic rings. The van der Waals surface area contributed by atoms with Crippen LogP contribution in [0.1, 0.15) is 5.69 Å². The molecule has 0 saturated heterocycles. The van der Waals surface area contributed by atoms with Crippen molar-refractivity contribution in [1.82, 2.24) is 9.97 Å². The average molecular weight is 238 g/mol. The van der Waals surface area contributed by atoms with E-state index in [1.807, 2.05) is 17.7 Å². The summed E-state index contributed by atoms with van der Waals surface area (Å²) in [6.45, 7) is 3.58. The molecule has 0 radical (unpaired) electrons. The van der Waals surface area contributed by atoms with Gasteiger partial charge in [-0.05, 0) is 17.7 Å². The molecule has 0 aliphatic heterocycles. The van der Waals surface area contributed by atoms with E-state index in [4.69, 9.17) is 16.9 Å². The Morgan fingerprint density at radius 1 is 1.47 bits per heavy atom. The van der Waals surface area contributed by atoms with E-state index in [2.05, 4.69) is 16.5 Å². The van der Waals surface area contributed by atoms with Crippen molar-refractivity contribution in [3.63, 3.8) is 0 Å². The summed E-state index contributed by atoms with van der Waals surface area (Å²) < 4.78 is 0. The second-order valence-corrected chi connectivity index (χ2v) is 3.57. The molecule has 3 nitrogen and oxygen atoms in total. The highest BCUT2D eigenvalue weighted by Crippen LogP contribution is 2.03. The van der Waals surface area contributed by atoms with Gasteiger partial charge in [0.25, 0.3) is 0 Å². The van der Waals surface area contributed by atoms with Crippen LogP contribution >= 0.6 is 23.4 Å². The summed E-state index contributed by atoms with van der Waals surface area (Å²) >= 11 is 7.27.